The molecule has 0 bridgehead atoms. The number of fused-ring (bicyclic) bond motifs is 1. The van der Waals surface area contributed by atoms with E-state index in [0.717, 1.165) is 22.8 Å². The standard InChI is InChI=1S/C16H16ClN3O/c1-3-13(11-4-6-12(17)7-5-11)14-9-15-18-10(2)8-16(21)20(15)19-14/h4-9,13,19H,3H2,1-2H3. The molecular formula is C16H16ClN3O. The number of aromatic amines is 1. The molecule has 4 nitrogen and oxygen atoms in total. The fourth-order valence-corrected chi connectivity index (χ4v) is 2.76. The van der Waals surface area contributed by atoms with Crippen LogP contribution < -0.4 is 5.56 Å². The van der Waals surface area contributed by atoms with Gasteiger partial charge in [0.2, 0.25) is 0 Å². The van der Waals surface area contributed by atoms with Gasteiger partial charge in [-0.1, -0.05) is 30.7 Å². The molecule has 0 radical (unpaired) electrons. The van der Waals surface area contributed by atoms with E-state index in [4.69, 9.17) is 11.6 Å². The van der Waals surface area contributed by atoms with Gasteiger partial charge in [0, 0.05) is 34.5 Å². The Bertz CT molecular complexity index is 833. The van der Waals surface area contributed by atoms with Crippen LogP contribution in [0, 0.1) is 6.92 Å². The lowest BCUT2D eigenvalue weighted by atomic mass is 9.93. The first-order chi connectivity index (χ1) is 10.1. The zero-order valence-electron chi connectivity index (χ0n) is 11.9. The molecule has 1 atom stereocenters. The largest absolute Gasteiger partial charge is 0.293 e. The van der Waals surface area contributed by atoms with Gasteiger partial charge in [-0.15, -0.1) is 0 Å². The molecule has 3 aromatic rings. The lowest BCUT2D eigenvalue weighted by molar-refractivity contribution is 0.726. The number of aryl methyl sites for hydroxylation is 1. The summed E-state index contributed by atoms with van der Waals surface area (Å²) in [7, 11) is 0. The Balaban J connectivity index is 2.11. The first-order valence-corrected chi connectivity index (χ1v) is 7.31. The summed E-state index contributed by atoms with van der Waals surface area (Å²) in [6.45, 7) is 3.94. The normalized spacial score (nSPS) is 12.7. The second kappa shape index (κ2) is 5.37. The Morgan fingerprint density at radius 3 is 2.67 bits per heavy atom. The zero-order valence-corrected chi connectivity index (χ0v) is 12.7. The van der Waals surface area contributed by atoms with Crippen molar-refractivity contribution >= 4 is 17.2 Å². The molecule has 0 saturated heterocycles. The predicted octanol–water partition coefficient (Wildman–Crippen LogP) is 3.53. The summed E-state index contributed by atoms with van der Waals surface area (Å²) in [5, 5.41) is 3.88. The van der Waals surface area contributed by atoms with Crippen LogP contribution in [-0.4, -0.2) is 14.6 Å². The Kier molecular flexibility index (Phi) is 3.55. The van der Waals surface area contributed by atoms with Crippen LogP contribution in [0.2, 0.25) is 5.02 Å². The number of hydrogen-bond donors (Lipinski definition) is 1. The average molecular weight is 302 g/mol. The van der Waals surface area contributed by atoms with Crippen LogP contribution in [0.4, 0.5) is 0 Å². The summed E-state index contributed by atoms with van der Waals surface area (Å²) in [6.07, 6.45) is 0.919. The van der Waals surface area contributed by atoms with Gasteiger partial charge in [-0.3, -0.25) is 9.89 Å². The Labute approximate surface area is 127 Å². The molecule has 1 aromatic carbocycles. The Morgan fingerprint density at radius 1 is 1.29 bits per heavy atom. The van der Waals surface area contributed by atoms with Gasteiger partial charge in [-0.05, 0) is 31.0 Å². The minimum absolute atomic E-state index is 0.0882. The maximum absolute atomic E-state index is 12.0. The summed E-state index contributed by atoms with van der Waals surface area (Å²) >= 11 is 5.94. The van der Waals surface area contributed by atoms with Crippen LogP contribution in [0.3, 0.4) is 0 Å². The number of nitrogens with one attached hydrogen (secondary N) is 1. The van der Waals surface area contributed by atoms with Crippen LogP contribution in [0.5, 0.6) is 0 Å². The molecule has 0 fully saturated rings. The van der Waals surface area contributed by atoms with Crippen LogP contribution in [0.15, 0.2) is 41.2 Å². The van der Waals surface area contributed by atoms with Crippen molar-refractivity contribution in [2.24, 2.45) is 0 Å². The molecule has 0 aliphatic rings. The summed E-state index contributed by atoms with van der Waals surface area (Å²) in [5.41, 5.74) is 3.44. The molecule has 0 amide bonds. The number of benzene rings is 1. The van der Waals surface area contributed by atoms with Gasteiger partial charge in [0.25, 0.3) is 5.56 Å². The van der Waals surface area contributed by atoms with Gasteiger partial charge >= 0.3 is 0 Å². The number of halogens is 1. The van der Waals surface area contributed by atoms with Crippen molar-refractivity contribution in [3.63, 3.8) is 0 Å². The molecular weight excluding hydrogens is 286 g/mol. The summed E-state index contributed by atoms with van der Waals surface area (Å²) in [6, 6.07) is 11.3. The van der Waals surface area contributed by atoms with E-state index in [1.807, 2.05) is 37.3 Å². The fraction of sp³-hybridized carbons (Fsp3) is 0.250. The maximum atomic E-state index is 12.0. The number of H-pyrrole nitrogens is 1. The molecule has 0 aliphatic heterocycles. The molecule has 108 valence electrons. The molecule has 1 unspecified atom stereocenters. The lowest BCUT2D eigenvalue weighted by Crippen LogP contribution is -2.14. The SMILES string of the molecule is CCC(c1ccc(Cl)cc1)c1cc2nc(C)cc(=O)n2[nH]1. The number of hydrogen-bond acceptors (Lipinski definition) is 2. The first-order valence-electron chi connectivity index (χ1n) is 6.93. The molecule has 0 saturated carbocycles. The van der Waals surface area contributed by atoms with Crippen molar-refractivity contribution in [1.29, 1.82) is 0 Å². The zero-order chi connectivity index (χ0) is 15.0. The minimum atomic E-state index is -0.0882. The third-order valence-electron chi connectivity index (χ3n) is 3.65. The van der Waals surface area contributed by atoms with Crippen molar-refractivity contribution in [3.05, 3.63) is 68.7 Å². The summed E-state index contributed by atoms with van der Waals surface area (Å²) < 4.78 is 1.49. The molecule has 3 rings (SSSR count). The second-order valence-electron chi connectivity index (χ2n) is 5.15. The summed E-state index contributed by atoms with van der Waals surface area (Å²) in [4.78, 5) is 16.4. The van der Waals surface area contributed by atoms with Gasteiger partial charge < -0.3 is 0 Å². The van der Waals surface area contributed by atoms with E-state index in [0.29, 0.717) is 5.65 Å². The first kappa shape index (κ1) is 13.9. The van der Waals surface area contributed by atoms with Crippen molar-refractivity contribution < 1.29 is 0 Å². The van der Waals surface area contributed by atoms with Crippen molar-refractivity contribution in [3.8, 4) is 0 Å². The Morgan fingerprint density at radius 2 is 2.00 bits per heavy atom. The molecule has 2 heterocycles. The van der Waals surface area contributed by atoms with E-state index in [-0.39, 0.29) is 11.5 Å². The third kappa shape index (κ3) is 2.59. The van der Waals surface area contributed by atoms with E-state index in [9.17, 15) is 4.79 Å². The number of nitrogens with zero attached hydrogens (tertiary/aromatic N) is 2. The van der Waals surface area contributed by atoms with Gasteiger partial charge in [0.15, 0.2) is 5.65 Å². The third-order valence-corrected chi connectivity index (χ3v) is 3.91. The van der Waals surface area contributed by atoms with E-state index < -0.39 is 0 Å². The maximum Gasteiger partial charge on any atom is 0.272 e. The van der Waals surface area contributed by atoms with Gasteiger partial charge in [0.1, 0.15) is 0 Å². The van der Waals surface area contributed by atoms with E-state index >= 15 is 0 Å². The van der Waals surface area contributed by atoms with Crippen LogP contribution in [-0.2, 0) is 0 Å². The molecule has 21 heavy (non-hydrogen) atoms. The molecule has 0 spiro atoms. The summed E-state index contributed by atoms with van der Waals surface area (Å²) in [5.74, 6) is 0.184. The van der Waals surface area contributed by atoms with Gasteiger partial charge in [-0.2, -0.15) is 0 Å². The van der Waals surface area contributed by atoms with Crippen LogP contribution in [0.1, 0.15) is 36.2 Å². The van der Waals surface area contributed by atoms with Crippen LogP contribution in [0.25, 0.3) is 5.65 Å². The highest BCUT2D eigenvalue weighted by atomic mass is 35.5. The van der Waals surface area contributed by atoms with E-state index in [1.165, 1.54) is 16.1 Å². The van der Waals surface area contributed by atoms with Gasteiger partial charge in [0.05, 0.1) is 0 Å². The van der Waals surface area contributed by atoms with Crippen molar-refractivity contribution in [1.82, 2.24) is 14.6 Å². The second-order valence-corrected chi connectivity index (χ2v) is 5.59. The van der Waals surface area contributed by atoms with Crippen molar-refractivity contribution in [2.45, 2.75) is 26.2 Å². The minimum Gasteiger partial charge on any atom is -0.293 e. The molecule has 0 aliphatic carbocycles. The number of rotatable bonds is 3. The smallest absolute Gasteiger partial charge is 0.272 e. The van der Waals surface area contributed by atoms with Gasteiger partial charge in [-0.25, -0.2) is 9.50 Å². The van der Waals surface area contributed by atoms with E-state index in [2.05, 4.69) is 17.0 Å². The highest BCUT2D eigenvalue weighted by Crippen LogP contribution is 2.28. The molecule has 2 aromatic heterocycles. The fourth-order valence-electron chi connectivity index (χ4n) is 2.64. The molecule has 5 heteroatoms. The quantitative estimate of drug-likeness (QED) is 0.804. The highest BCUT2D eigenvalue weighted by Gasteiger charge is 2.16. The van der Waals surface area contributed by atoms with E-state index in [1.54, 1.807) is 0 Å². The Hall–Kier alpha value is -2.07. The number of aromatic nitrogens is 3. The monoisotopic (exact) mass is 301 g/mol. The predicted molar refractivity (Wildman–Crippen MR) is 84.1 cm³/mol. The lowest BCUT2D eigenvalue weighted by Gasteiger charge is -2.13. The average Bonchev–Trinajstić information content (AvgIpc) is 2.85. The highest BCUT2D eigenvalue weighted by molar-refractivity contribution is 6.30. The van der Waals surface area contributed by atoms with Crippen LogP contribution >= 0.6 is 11.6 Å². The van der Waals surface area contributed by atoms with Crippen molar-refractivity contribution in [2.75, 3.05) is 0 Å². The molecule has 1 N–H and O–H groups in total. The topological polar surface area (TPSA) is 50.2 Å².